The maximum Gasteiger partial charge on any atom is 0.292 e. The molecule has 1 aromatic carbocycles. The van der Waals surface area contributed by atoms with Gasteiger partial charge in [0.15, 0.2) is 0 Å². The number of pyridine rings is 1. The van der Waals surface area contributed by atoms with Crippen LogP contribution in [0, 0.1) is 11.9 Å². The predicted octanol–water partition coefficient (Wildman–Crippen LogP) is 4.04. The summed E-state index contributed by atoms with van der Waals surface area (Å²) in [5.74, 6) is -1.05. The van der Waals surface area contributed by atoms with Crippen molar-refractivity contribution in [2.24, 2.45) is 10.9 Å². The van der Waals surface area contributed by atoms with Crippen LogP contribution in [0.5, 0.6) is 0 Å². The Morgan fingerprint density at radius 2 is 2.00 bits per heavy atom. The van der Waals surface area contributed by atoms with Crippen molar-refractivity contribution in [1.82, 2.24) is 10.3 Å². The molecule has 3 rings (SSSR count). The van der Waals surface area contributed by atoms with Gasteiger partial charge in [-0.1, -0.05) is 25.1 Å². The van der Waals surface area contributed by atoms with Gasteiger partial charge in [-0.05, 0) is 48.0 Å². The first-order chi connectivity index (χ1) is 12.3. The number of nitrogens with one attached hydrogen (secondary N) is 1. The van der Waals surface area contributed by atoms with Crippen molar-refractivity contribution in [3.8, 4) is 0 Å². The summed E-state index contributed by atoms with van der Waals surface area (Å²) in [4.78, 5) is 20.7. The lowest BCUT2D eigenvalue weighted by Crippen LogP contribution is -2.48. The van der Waals surface area contributed by atoms with Gasteiger partial charge < -0.3 is 4.74 Å². The van der Waals surface area contributed by atoms with Crippen LogP contribution in [0.25, 0.3) is 0 Å². The van der Waals surface area contributed by atoms with Crippen molar-refractivity contribution < 1.29 is 13.9 Å². The Hall–Kier alpha value is -2.28. The fraction of sp³-hybridized carbons (Fsp3) is 0.316. The number of carbonyl (C=O) groups is 1. The Morgan fingerprint density at radius 3 is 2.69 bits per heavy atom. The van der Waals surface area contributed by atoms with Gasteiger partial charge in [-0.3, -0.25) is 10.1 Å². The van der Waals surface area contributed by atoms with Gasteiger partial charge in [0.05, 0.1) is 5.54 Å². The van der Waals surface area contributed by atoms with Crippen LogP contribution < -0.4 is 5.32 Å². The number of rotatable bonds is 2. The lowest BCUT2D eigenvalue weighted by atomic mass is 9.78. The number of benzene rings is 1. The first-order valence-corrected chi connectivity index (χ1v) is 9.05. The third-order valence-electron chi connectivity index (χ3n) is 4.83. The topological polar surface area (TPSA) is 63.6 Å². The van der Waals surface area contributed by atoms with Crippen LogP contribution in [0.2, 0.25) is 0 Å². The number of aromatic nitrogens is 1. The van der Waals surface area contributed by atoms with Crippen LogP contribution in [-0.4, -0.2) is 23.0 Å². The maximum absolute atomic E-state index is 14.4. The number of amidine groups is 1. The van der Waals surface area contributed by atoms with Crippen LogP contribution in [0.15, 0.2) is 52.1 Å². The molecule has 0 saturated carbocycles. The zero-order valence-electron chi connectivity index (χ0n) is 14.7. The van der Waals surface area contributed by atoms with Crippen molar-refractivity contribution in [2.75, 3.05) is 0 Å². The van der Waals surface area contributed by atoms with Crippen LogP contribution in [0.3, 0.4) is 0 Å². The number of aliphatic imine (C=N–C) groups is 1. The normalized spacial score (nSPS) is 25.2. The van der Waals surface area contributed by atoms with Gasteiger partial charge in [-0.25, -0.2) is 9.98 Å². The average Bonchev–Trinajstić information content (AvgIpc) is 2.62. The number of ether oxygens (including phenoxy) is 1. The van der Waals surface area contributed by atoms with Crippen molar-refractivity contribution in [1.29, 1.82) is 0 Å². The fourth-order valence-electron chi connectivity index (χ4n) is 2.97. The van der Waals surface area contributed by atoms with Gasteiger partial charge in [0.25, 0.3) is 11.9 Å². The molecule has 26 heavy (non-hydrogen) atoms. The molecule has 1 unspecified atom stereocenters. The Labute approximate surface area is 159 Å². The summed E-state index contributed by atoms with van der Waals surface area (Å²) >= 11 is 3.33. The third kappa shape index (κ3) is 3.49. The summed E-state index contributed by atoms with van der Waals surface area (Å²) in [6.45, 7) is 5.62. The summed E-state index contributed by atoms with van der Waals surface area (Å²) in [6.07, 6.45) is 1.12. The molecule has 1 N–H and O–H groups in total. The van der Waals surface area contributed by atoms with Crippen molar-refractivity contribution >= 4 is 27.9 Å². The monoisotopic (exact) mass is 419 g/mol. The zero-order chi connectivity index (χ0) is 18.9. The Morgan fingerprint density at radius 1 is 1.31 bits per heavy atom. The highest BCUT2D eigenvalue weighted by Crippen LogP contribution is 2.40. The molecule has 0 radical (unpaired) electrons. The lowest BCUT2D eigenvalue weighted by Gasteiger charge is -2.40. The molecule has 1 amide bonds. The Balaban J connectivity index is 1.98. The molecule has 136 valence electrons. The molecular formula is C19H19BrFN3O2. The smallest absolute Gasteiger partial charge is 0.292 e. The van der Waals surface area contributed by atoms with E-state index >= 15 is 0 Å². The summed E-state index contributed by atoms with van der Waals surface area (Å²) in [7, 11) is 0. The molecule has 2 heterocycles. The number of hydrogen-bond acceptors (Lipinski definition) is 4. The van der Waals surface area contributed by atoms with Gasteiger partial charge in [0.1, 0.15) is 6.10 Å². The predicted molar refractivity (Wildman–Crippen MR) is 100 cm³/mol. The fourth-order valence-corrected chi connectivity index (χ4v) is 3.30. The van der Waals surface area contributed by atoms with Gasteiger partial charge in [-0.15, -0.1) is 0 Å². The number of halogens is 2. The summed E-state index contributed by atoms with van der Waals surface area (Å²) in [5, 5.41) is 2.68. The molecule has 1 aliphatic heterocycles. The molecule has 0 bridgehead atoms. The molecule has 0 spiro atoms. The molecule has 0 saturated heterocycles. The average molecular weight is 420 g/mol. The van der Waals surface area contributed by atoms with E-state index in [-0.39, 0.29) is 24.0 Å². The largest absolute Gasteiger partial charge is 0.462 e. The molecule has 2 aromatic rings. The molecule has 0 aliphatic carbocycles. The van der Waals surface area contributed by atoms with Crippen molar-refractivity contribution in [2.45, 2.75) is 32.4 Å². The third-order valence-corrected chi connectivity index (χ3v) is 5.26. The van der Waals surface area contributed by atoms with Crippen LogP contribution in [0.1, 0.15) is 36.7 Å². The van der Waals surface area contributed by atoms with Crippen molar-refractivity contribution in [3.63, 3.8) is 0 Å². The summed E-state index contributed by atoms with van der Waals surface area (Å²) in [5.41, 5.74) is -0.0965. The van der Waals surface area contributed by atoms with E-state index in [0.29, 0.717) is 15.6 Å². The molecule has 0 fully saturated rings. The lowest BCUT2D eigenvalue weighted by molar-refractivity contribution is 0.0633. The summed E-state index contributed by atoms with van der Waals surface area (Å²) < 4.78 is 20.8. The van der Waals surface area contributed by atoms with E-state index in [1.807, 2.05) is 26.8 Å². The Kier molecular flexibility index (Phi) is 5.09. The second-order valence-corrected chi connectivity index (χ2v) is 7.40. The highest BCUT2D eigenvalue weighted by molar-refractivity contribution is 9.10. The molecular weight excluding hydrogens is 401 g/mol. The summed E-state index contributed by atoms with van der Waals surface area (Å²) in [6, 6.07) is 10.5. The maximum atomic E-state index is 14.4. The SMILES string of the molecule is CC1OC(NC(=O)c2ccccc2)=N[C@@](C)(c2cc(Br)cnc2F)[C@@H]1C. The zero-order valence-corrected chi connectivity index (χ0v) is 16.2. The van der Waals surface area contributed by atoms with E-state index in [1.54, 1.807) is 30.3 Å². The van der Waals surface area contributed by atoms with E-state index in [2.05, 4.69) is 31.2 Å². The minimum atomic E-state index is -0.933. The standard InChI is InChI=1S/C19H19BrFN3O2/c1-11-12(2)26-18(23-17(25)13-7-5-4-6-8-13)24-19(11,3)15-9-14(20)10-22-16(15)21/h4-12H,1-3H3,(H,23,24,25)/t11-,12?,19-/m1/s1. The van der Waals surface area contributed by atoms with Crippen molar-refractivity contribution in [3.05, 3.63) is 64.1 Å². The molecule has 1 aromatic heterocycles. The van der Waals surface area contributed by atoms with E-state index in [1.165, 1.54) is 6.20 Å². The van der Waals surface area contributed by atoms with Gasteiger partial charge in [-0.2, -0.15) is 4.39 Å². The van der Waals surface area contributed by atoms with Crippen LogP contribution in [0.4, 0.5) is 4.39 Å². The van der Waals surface area contributed by atoms with E-state index in [0.717, 1.165) is 0 Å². The first-order valence-electron chi connectivity index (χ1n) is 8.25. The highest BCUT2D eigenvalue weighted by Gasteiger charge is 2.44. The minimum absolute atomic E-state index is 0.0753. The number of amides is 1. The van der Waals surface area contributed by atoms with E-state index < -0.39 is 11.5 Å². The molecule has 3 atom stereocenters. The first kappa shape index (κ1) is 18.5. The van der Waals surface area contributed by atoms with E-state index in [9.17, 15) is 9.18 Å². The second-order valence-electron chi connectivity index (χ2n) is 6.49. The van der Waals surface area contributed by atoms with Gasteiger partial charge in [0, 0.05) is 27.7 Å². The van der Waals surface area contributed by atoms with Crippen LogP contribution in [-0.2, 0) is 10.3 Å². The van der Waals surface area contributed by atoms with Gasteiger partial charge >= 0.3 is 0 Å². The number of hydrogen-bond donors (Lipinski definition) is 1. The van der Waals surface area contributed by atoms with Crippen LogP contribution >= 0.6 is 15.9 Å². The minimum Gasteiger partial charge on any atom is -0.462 e. The molecule has 1 aliphatic rings. The number of nitrogens with zero attached hydrogens (tertiary/aromatic N) is 2. The molecule has 7 heteroatoms. The Bertz CT molecular complexity index is 859. The highest BCUT2D eigenvalue weighted by atomic mass is 79.9. The van der Waals surface area contributed by atoms with E-state index in [4.69, 9.17) is 4.74 Å². The number of carbonyl (C=O) groups excluding carboxylic acids is 1. The quantitative estimate of drug-likeness (QED) is 0.746. The molecule has 5 nitrogen and oxygen atoms in total. The second kappa shape index (κ2) is 7.15. The van der Waals surface area contributed by atoms with Gasteiger partial charge in [0.2, 0.25) is 5.95 Å².